The molecule has 0 aliphatic carbocycles. The minimum absolute atomic E-state index is 0.0211. The maximum Gasteiger partial charge on any atom is 0.326 e. The molecule has 1 aliphatic rings. The van der Waals surface area contributed by atoms with Gasteiger partial charge in [0, 0.05) is 47.9 Å². The third-order valence-electron chi connectivity index (χ3n) is 13.0. The first-order valence-corrected chi connectivity index (χ1v) is 28.1. The number of aliphatic carboxylic acids is 2. The van der Waals surface area contributed by atoms with Crippen molar-refractivity contribution in [1.82, 2.24) is 42.2 Å². The van der Waals surface area contributed by atoms with Crippen LogP contribution in [-0.2, 0) is 67.8 Å². The van der Waals surface area contributed by atoms with Crippen molar-refractivity contribution in [2.45, 2.75) is 133 Å². The molecule has 0 saturated carbocycles. The molecule has 7 amide bonds. The maximum absolute atomic E-state index is 14.9. The van der Waals surface area contributed by atoms with E-state index in [0.29, 0.717) is 29.5 Å². The van der Waals surface area contributed by atoms with Gasteiger partial charge in [-0.3, -0.25) is 38.4 Å². The van der Waals surface area contributed by atoms with Crippen LogP contribution in [0.4, 0.5) is 0 Å². The molecule has 3 aromatic carbocycles. The molecule has 5 rings (SSSR count). The van der Waals surface area contributed by atoms with Crippen LogP contribution in [-0.4, -0.2) is 140 Å². The summed E-state index contributed by atoms with van der Waals surface area (Å²) in [5.74, 6) is -10.1. The van der Waals surface area contributed by atoms with Gasteiger partial charge < -0.3 is 69.0 Å². The molecular weight excluding hydrogens is 1040 g/mol. The van der Waals surface area contributed by atoms with Crippen molar-refractivity contribution in [2.75, 3.05) is 18.1 Å². The lowest BCUT2D eigenvalue weighted by Gasteiger charge is -2.29. The summed E-state index contributed by atoms with van der Waals surface area (Å²) in [7, 11) is 1.89. The summed E-state index contributed by atoms with van der Waals surface area (Å²) in [4.78, 5) is 128. The summed E-state index contributed by atoms with van der Waals surface area (Å²) >= 11 is 0. The number of benzene rings is 3. The SMILES string of the molecule is CC(C)[C@H](NC(=O)[C@@H]1CSSC[C@H](NC(=O)[C@@H](N)CC(=O)O)C(=O)N[C@@H](Cc2ccc(C(C)(C)C)cc2)C(=O)N[C@@H](Cc2c[nH]c3ccccc23)C(=O)N[C@@H](CCCCN)C(=O)N[C@@H](Cc2ccc(O)cc2)C(=O)N1)C(=O)O. The van der Waals surface area contributed by atoms with Gasteiger partial charge in [-0.1, -0.05) is 111 Å². The van der Waals surface area contributed by atoms with Gasteiger partial charge in [0.2, 0.25) is 41.4 Å². The summed E-state index contributed by atoms with van der Waals surface area (Å²) in [6.45, 7) is 9.50. The van der Waals surface area contributed by atoms with Gasteiger partial charge in [0.15, 0.2) is 0 Å². The molecule has 1 aromatic heterocycles. The molecular formula is C54H72N10O12S2. The van der Waals surface area contributed by atoms with E-state index in [-0.39, 0.29) is 54.9 Å². The molecule has 0 bridgehead atoms. The average Bonchev–Trinajstić information content (AvgIpc) is 3.79. The zero-order valence-electron chi connectivity index (χ0n) is 44.3. The van der Waals surface area contributed by atoms with Crippen molar-refractivity contribution in [3.8, 4) is 5.75 Å². The van der Waals surface area contributed by atoms with Crippen LogP contribution in [0.2, 0.25) is 0 Å². The molecule has 78 heavy (non-hydrogen) atoms. The van der Waals surface area contributed by atoms with E-state index in [1.165, 1.54) is 24.3 Å². The average molecular weight is 1120 g/mol. The fourth-order valence-corrected chi connectivity index (χ4v) is 10.8. The summed E-state index contributed by atoms with van der Waals surface area (Å²) in [6.07, 6.45) is 1.26. The Morgan fingerprint density at radius 3 is 1.82 bits per heavy atom. The Labute approximate surface area is 460 Å². The molecule has 24 heteroatoms. The number of phenols is 1. The van der Waals surface area contributed by atoms with E-state index in [2.05, 4.69) is 42.2 Å². The highest BCUT2D eigenvalue weighted by Gasteiger charge is 2.36. The van der Waals surface area contributed by atoms with Crippen LogP contribution in [0.25, 0.3) is 10.9 Å². The van der Waals surface area contributed by atoms with E-state index in [4.69, 9.17) is 11.5 Å². The second-order valence-electron chi connectivity index (χ2n) is 20.6. The van der Waals surface area contributed by atoms with Crippen molar-refractivity contribution in [1.29, 1.82) is 0 Å². The highest BCUT2D eigenvalue weighted by atomic mass is 33.1. The molecule has 22 nitrogen and oxygen atoms in total. The van der Waals surface area contributed by atoms with Crippen molar-refractivity contribution >= 4 is 85.8 Å². The fraction of sp³-hybridized carbons (Fsp3) is 0.463. The topological polar surface area (TPSA) is 366 Å². The summed E-state index contributed by atoms with van der Waals surface area (Å²) < 4.78 is 0. The molecule has 0 radical (unpaired) electrons. The number of unbranched alkanes of at least 4 members (excludes halogenated alkanes) is 1. The lowest BCUT2D eigenvalue weighted by Crippen LogP contribution is -2.61. The summed E-state index contributed by atoms with van der Waals surface area (Å²) in [6, 6.07) is 8.85. The zero-order chi connectivity index (χ0) is 57.3. The van der Waals surface area contributed by atoms with Gasteiger partial charge in [0.25, 0.3) is 0 Å². The monoisotopic (exact) mass is 1120 g/mol. The van der Waals surface area contributed by atoms with Crippen LogP contribution in [0.15, 0.2) is 79.0 Å². The third-order valence-corrected chi connectivity index (χ3v) is 15.4. The standard InChI is InChI=1S/C54H72N10O12S2/c1-29(2)45(53(75)76)64-52(74)43-28-78-77-27-42(62-46(68)36(56)25-44(66)67)51(73)60-39(22-30-13-17-33(18-14-30)54(3,4)5)48(70)61-41(24-32-26-57-37-11-7-6-10-35(32)37)50(72)58-38(12-8-9-21-55)47(69)59-40(49(71)63-43)23-31-15-19-34(65)20-16-31/h6-7,10-11,13-20,26,29,36,38-43,45,57,65H,8-9,12,21-25,27-28,55-56H2,1-5H3,(H,58,72)(H,59,69)(H,60,73)(H,61,70)(H,62,68)(H,63,71)(H,64,74)(H,66,67)(H,75,76)/t36-,38-,39-,40-,41-,42-,43-,45-/m0/s1. The van der Waals surface area contributed by atoms with Gasteiger partial charge in [-0.05, 0) is 77.6 Å². The Kier molecular flexibility index (Phi) is 22.9. The molecule has 2 heterocycles. The van der Waals surface area contributed by atoms with Crippen molar-refractivity contribution in [3.63, 3.8) is 0 Å². The van der Waals surface area contributed by atoms with Crippen LogP contribution < -0.4 is 48.7 Å². The predicted octanol–water partition coefficient (Wildman–Crippen LogP) is 1.66. The number of aromatic nitrogens is 1. The number of carbonyl (C=O) groups excluding carboxylic acids is 7. The summed E-state index contributed by atoms with van der Waals surface area (Å²) in [5, 5.41) is 49.0. The normalized spacial score (nSPS) is 21.2. The number of carboxylic acid groups (broad SMARTS) is 2. The minimum Gasteiger partial charge on any atom is -0.508 e. The second-order valence-corrected chi connectivity index (χ2v) is 23.1. The Balaban J connectivity index is 1.64. The van der Waals surface area contributed by atoms with E-state index in [1.807, 2.05) is 51.1 Å². The van der Waals surface area contributed by atoms with Gasteiger partial charge in [-0.2, -0.15) is 0 Å². The molecule has 8 atom stereocenters. The van der Waals surface area contributed by atoms with E-state index in [0.717, 1.165) is 38.1 Å². The number of phenolic OH excluding ortho intramolecular Hbond substituents is 1. The van der Waals surface area contributed by atoms with Gasteiger partial charge in [0.1, 0.15) is 48.0 Å². The number of nitrogens with one attached hydrogen (secondary N) is 8. The fourth-order valence-electron chi connectivity index (χ4n) is 8.44. The molecule has 0 spiro atoms. The number of rotatable bonds is 18. The second kappa shape index (κ2) is 29.0. The lowest BCUT2D eigenvalue weighted by atomic mass is 9.86. The van der Waals surface area contributed by atoms with Crippen molar-refractivity contribution in [3.05, 3.63) is 101 Å². The van der Waals surface area contributed by atoms with Crippen molar-refractivity contribution in [2.24, 2.45) is 17.4 Å². The molecule has 1 saturated heterocycles. The van der Waals surface area contributed by atoms with Crippen LogP contribution in [0.3, 0.4) is 0 Å². The highest BCUT2D eigenvalue weighted by molar-refractivity contribution is 8.76. The van der Waals surface area contributed by atoms with Gasteiger partial charge in [0.05, 0.1) is 12.5 Å². The molecule has 0 unspecified atom stereocenters. The van der Waals surface area contributed by atoms with Crippen LogP contribution in [0.1, 0.15) is 82.6 Å². The number of aromatic hydroxyl groups is 1. The minimum atomic E-state index is -1.60. The first-order valence-electron chi connectivity index (χ1n) is 25.6. The maximum atomic E-state index is 14.9. The van der Waals surface area contributed by atoms with Gasteiger partial charge in [-0.25, -0.2) is 4.79 Å². The van der Waals surface area contributed by atoms with Crippen LogP contribution in [0.5, 0.6) is 5.75 Å². The number of hydrogen-bond acceptors (Lipinski definition) is 14. The first-order chi connectivity index (χ1) is 36.9. The van der Waals surface area contributed by atoms with Crippen LogP contribution >= 0.6 is 21.6 Å². The summed E-state index contributed by atoms with van der Waals surface area (Å²) in [5.41, 5.74) is 15.0. The quantitative estimate of drug-likeness (QED) is 0.0498. The number of hydrogen-bond donors (Lipinski definition) is 13. The molecule has 1 fully saturated rings. The molecule has 422 valence electrons. The number of carboxylic acids is 2. The number of amides is 7. The number of nitrogens with two attached hydrogens (primary N) is 2. The smallest absolute Gasteiger partial charge is 0.326 e. The van der Waals surface area contributed by atoms with Gasteiger partial charge in [-0.15, -0.1) is 0 Å². The zero-order valence-corrected chi connectivity index (χ0v) is 45.9. The Morgan fingerprint density at radius 2 is 1.24 bits per heavy atom. The van der Waals surface area contributed by atoms with E-state index in [9.17, 15) is 58.5 Å². The lowest BCUT2D eigenvalue weighted by molar-refractivity contribution is -0.143. The van der Waals surface area contributed by atoms with E-state index in [1.54, 1.807) is 38.2 Å². The third kappa shape index (κ3) is 18.5. The molecule has 1 aliphatic heterocycles. The van der Waals surface area contributed by atoms with E-state index < -0.39 is 114 Å². The predicted molar refractivity (Wildman–Crippen MR) is 297 cm³/mol. The largest absolute Gasteiger partial charge is 0.508 e. The Bertz CT molecular complexity index is 2750. The molecule has 4 aromatic rings. The highest BCUT2D eigenvalue weighted by Crippen LogP contribution is 2.26. The number of H-pyrrole nitrogens is 1. The number of carbonyl (C=O) groups is 9. The Morgan fingerprint density at radius 1 is 0.705 bits per heavy atom. The molecule has 15 N–H and O–H groups in total. The number of para-hydroxylation sites is 1. The van der Waals surface area contributed by atoms with Gasteiger partial charge >= 0.3 is 11.9 Å². The van der Waals surface area contributed by atoms with Crippen LogP contribution in [0, 0.1) is 5.92 Å². The first kappa shape index (κ1) is 61.7. The number of fused-ring (bicyclic) bond motifs is 1. The Hall–Kier alpha value is -7.15. The van der Waals surface area contributed by atoms with Crippen molar-refractivity contribution < 1.29 is 58.5 Å². The van der Waals surface area contributed by atoms with E-state index >= 15 is 0 Å². The number of aromatic amines is 1.